The number of benzene rings is 1. The van der Waals surface area contributed by atoms with Crippen molar-refractivity contribution in [3.8, 4) is 0 Å². The van der Waals surface area contributed by atoms with Gasteiger partial charge in [0.2, 0.25) is 0 Å². The summed E-state index contributed by atoms with van der Waals surface area (Å²) >= 11 is 0. The van der Waals surface area contributed by atoms with Crippen molar-refractivity contribution in [2.24, 2.45) is 10.7 Å². The summed E-state index contributed by atoms with van der Waals surface area (Å²) < 4.78 is 5.53. The monoisotopic (exact) mass is 261 g/mol. The minimum absolute atomic E-state index is 0.175. The van der Waals surface area contributed by atoms with Gasteiger partial charge in [0, 0.05) is 12.8 Å². The molecule has 1 aromatic rings. The van der Waals surface area contributed by atoms with Gasteiger partial charge in [0.05, 0.1) is 18.2 Å². The summed E-state index contributed by atoms with van der Waals surface area (Å²) in [5, 5.41) is 0. The zero-order chi connectivity index (χ0) is 14.0. The molecular weight excluding hydrogens is 238 g/mol. The molecule has 2 N–H and O–H groups in total. The zero-order valence-corrected chi connectivity index (χ0v) is 12.2. The first-order chi connectivity index (χ1) is 8.94. The molecule has 104 valence electrons. The zero-order valence-electron chi connectivity index (χ0n) is 12.2. The topological polar surface area (TPSA) is 50.9 Å². The van der Waals surface area contributed by atoms with E-state index in [4.69, 9.17) is 10.5 Å². The van der Waals surface area contributed by atoms with Crippen LogP contribution in [0.25, 0.3) is 0 Å². The third kappa shape index (κ3) is 2.89. The van der Waals surface area contributed by atoms with E-state index >= 15 is 0 Å². The molecule has 0 aliphatic carbocycles. The number of aryl methyl sites for hydroxylation is 1. The number of ether oxygens (including phenoxy) is 1. The quantitative estimate of drug-likeness (QED) is 0.905. The van der Waals surface area contributed by atoms with Crippen LogP contribution in [-0.4, -0.2) is 31.3 Å². The van der Waals surface area contributed by atoms with Crippen LogP contribution >= 0.6 is 0 Å². The molecule has 1 aromatic carbocycles. The number of methoxy groups -OCH3 is 1. The highest BCUT2D eigenvalue weighted by Gasteiger charge is 2.33. The number of para-hydroxylation sites is 1. The normalized spacial score (nSPS) is 19.7. The van der Waals surface area contributed by atoms with Crippen LogP contribution in [0.2, 0.25) is 0 Å². The number of rotatable bonds is 4. The predicted octanol–water partition coefficient (Wildman–Crippen LogP) is 2.31. The molecule has 1 atom stereocenters. The second-order valence-electron chi connectivity index (χ2n) is 5.68. The first-order valence-corrected chi connectivity index (χ1v) is 6.64. The standard InChI is InChI=1S/C15H23N3O/c1-11-7-5-6-8-13(11)18-12(10-17-14(18)16)9-15(2,3)19-4/h5-8,12H,9-10H2,1-4H3,(H2,16,17). The van der Waals surface area contributed by atoms with Gasteiger partial charge in [0.15, 0.2) is 5.96 Å². The van der Waals surface area contributed by atoms with E-state index in [9.17, 15) is 0 Å². The largest absolute Gasteiger partial charge is 0.379 e. The number of hydrogen-bond acceptors (Lipinski definition) is 4. The van der Waals surface area contributed by atoms with Crippen LogP contribution in [0.15, 0.2) is 29.3 Å². The van der Waals surface area contributed by atoms with Gasteiger partial charge in [-0.2, -0.15) is 0 Å². The molecule has 2 rings (SSSR count). The van der Waals surface area contributed by atoms with E-state index in [0.29, 0.717) is 5.96 Å². The molecule has 1 unspecified atom stereocenters. The highest BCUT2D eigenvalue weighted by atomic mass is 16.5. The predicted molar refractivity (Wildman–Crippen MR) is 79.6 cm³/mol. The van der Waals surface area contributed by atoms with Crippen LogP contribution in [0, 0.1) is 6.92 Å². The average molecular weight is 261 g/mol. The minimum Gasteiger partial charge on any atom is -0.379 e. The van der Waals surface area contributed by atoms with Crippen molar-refractivity contribution in [3.63, 3.8) is 0 Å². The van der Waals surface area contributed by atoms with E-state index in [-0.39, 0.29) is 11.6 Å². The number of nitrogens with zero attached hydrogens (tertiary/aromatic N) is 2. The lowest BCUT2D eigenvalue weighted by Crippen LogP contribution is -2.45. The van der Waals surface area contributed by atoms with Crippen molar-refractivity contribution >= 4 is 11.6 Å². The second kappa shape index (κ2) is 5.21. The maximum Gasteiger partial charge on any atom is 0.196 e. The molecule has 0 saturated heterocycles. The van der Waals surface area contributed by atoms with E-state index in [0.717, 1.165) is 18.7 Å². The summed E-state index contributed by atoms with van der Waals surface area (Å²) in [5.74, 6) is 0.603. The van der Waals surface area contributed by atoms with Crippen molar-refractivity contribution in [2.75, 3.05) is 18.6 Å². The van der Waals surface area contributed by atoms with Crippen LogP contribution in [0.3, 0.4) is 0 Å². The van der Waals surface area contributed by atoms with Crippen molar-refractivity contribution in [3.05, 3.63) is 29.8 Å². The van der Waals surface area contributed by atoms with Crippen LogP contribution < -0.4 is 10.6 Å². The Balaban J connectivity index is 2.26. The lowest BCUT2D eigenvalue weighted by molar-refractivity contribution is 0.0114. The fourth-order valence-corrected chi connectivity index (χ4v) is 2.50. The first-order valence-electron chi connectivity index (χ1n) is 6.64. The van der Waals surface area contributed by atoms with Gasteiger partial charge in [-0.15, -0.1) is 0 Å². The average Bonchev–Trinajstić information content (AvgIpc) is 2.71. The van der Waals surface area contributed by atoms with E-state index < -0.39 is 0 Å². The van der Waals surface area contributed by atoms with E-state index in [1.54, 1.807) is 7.11 Å². The molecule has 0 radical (unpaired) electrons. The lowest BCUT2D eigenvalue weighted by atomic mass is 9.97. The van der Waals surface area contributed by atoms with Crippen molar-refractivity contribution in [2.45, 2.75) is 38.8 Å². The Hall–Kier alpha value is -1.55. The molecule has 4 nitrogen and oxygen atoms in total. The van der Waals surface area contributed by atoms with E-state index in [2.05, 4.69) is 42.8 Å². The van der Waals surface area contributed by atoms with Gasteiger partial charge in [-0.05, 0) is 38.8 Å². The van der Waals surface area contributed by atoms with Crippen molar-refractivity contribution < 1.29 is 4.74 Å². The van der Waals surface area contributed by atoms with Crippen LogP contribution in [0.4, 0.5) is 5.69 Å². The third-order valence-electron chi connectivity index (χ3n) is 3.73. The Morgan fingerprint density at radius 3 is 2.74 bits per heavy atom. The molecule has 1 heterocycles. The number of guanidine groups is 1. The molecule has 1 aliphatic heterocycles. The number of hydrogen-bond donors (Lipinski definition) is 1. The fourth-order valence-electron chi connectivity index (χ4n) is 2.50. The summed E-state index contributed by atoms with van der Waals surface area (Å²) in [4.78, 5) is 6.53. The van der Waals surface area contributed by atoms with Crippen LogP contribution in [-0.2, 0) is 4.74 Å². The van der Waals surface area contributed by atoms with Gasteiger partial charge in [0.1, 0.15) is 0 Å². The molecular formula is C15H23N3O. The van der Waals surface area contributed by atoms with E-state index in [1.165, 1.54) is 5.56 Å². The Kier molecular flexibility index (Phi) is 3.80. The number of nitrogens with two attached hydrogens (primary N) is 1. The lowest BCUT2D eigenvalue weighted by Gasteiger charge is -2.33. The summed E-state index contributed by atoms with van der Waals surface area (Å²) in [5.41, 5.74) is 8.24. The number of aliphatic imine (C=N–C) groups is 1. The molecule has 0 aromatic heterocycles. The van der Waals surface area contributed by atoms with Gasteiger partial charge in [-0.3, -0.25) is 4.99 Å². The summed E-state index contributed by atoms with van der Waals surface area (Å²) in [6.45, 7) is 7.02. The maximum absolute atomic E-state index is 6.07. The molecule has 0 bridgehead atoms. The maximum atomic E-state index is 6.07. The molecule has 0 spiro atoms. The smallest absolute Gasteiger partial charge is 0.196 e. The van der Waals surface area contributed by atoms with E-state index in [1.807, 2.05) is 12.1 Å². The van der Waals surface area contributed by atoms with Crippen LogP contribution in [0.1, 0.15) is 25.8 Å². The minimum atomic E-state index is -0.175. The van der Waals surface area contributed by atoms with Gasteiger partial charge < -0.3 is 15.4 Å². The van der Waals surface area contributed by atoms with Crippen LogP contribution in [0.5, 0.6) is 0 Å². The summed E-state index contributed by atoms with van der Waals surface area (Å²) in [6, 6.07) is 8.52. The first kappa shape index (κ1) is 13.9. The Morgan fingerprint density at radius 1 is 1.42 bits per heavy atom. The SMILES string of the molecule is COC(C)(C)CC1CN=C(N)N1c1ccccc1C. The van der Waals surface area contributed by atoms with Gasteiger partial charge in [0.25, 0.3) is 0 Å². The molecule has 19 heavy (non-hydrogen) atoms. The Morgan fingerprint density at radius 2 is 2.11 bits per heavy atom. The fraction of sp³-hybridized carbons (Fsp3) is 0.533. The van der Waals surface area contributed by atoms with Gasteiger partial charge in [-0.1, -0.05) is 18.2 Å². The van der Waals surface area contributed by atoms with Gasteiger partial charge in [-0.25, -0.2) is 0 Å². The molecule has 1 aliphatic rings. The highest BCUT2D eigenvalue weighted by molar-refractivity contribution is 5.97. The summed E-state index contributed by atoms with van der Waals surface area (Å²) in [7, 11) is 1.75. The van der Waals surface area contributed by atoms with Crippen molar-refractivity contribution in [1.82, 2.24) is 0 Å². The molecule has 0 amide bonds. The Labute approximate surface area is 115 Å². The summed E-state index contributed by atoms with van der Waals surface area (Å²) in [6.07, 6.45) is 0.891. The number of anilines is 1. The Bertz CT molecular complexity index is 482. The molecule has 4 heteroatoms. The highest BCUT2D eigenvalue weighted by Crippen LogP contribution is 2.29. The van der Waals surface area contributed by atoms with Gasteiger partial charge >= 0.3 is 0 Å². The van der Waals surface area contributed by atoms with Crippen molar-refractivity contribution in [1.29, 1.82) is 0 Å². The molecule has 0 saturated carbocycles. The third-order valence-corrected chi connectivity index (χ3v) is 3.73. The second-order valence-corrected chi connectivity index (χ2v) is 5.68. The molecule has 0 fully saturated rings.